The second-order valence-electron chi connectivity index (χ2n) is 7.51. The monoisotopic (exact) mass is 434 g/mol. The molecule has 1 saturated heterocycles. The van der Waals surface area contributed by atoms with E-state index in [1.807, 2.05) is 30.5 Å². The van der Waals surface area contributed by atoms with Gasteiger partial charge in [0.25, 0.3) is 0 Å². The van der Waals surface area contributed by atoms with Crippen LogP contribution in [0.15, 0.2) is 48.9 Å². The number of rotatable bonds is 4. The summed E-state index contributed by atoms with van der Waals surface area (Å²) in [6.45, 7) is 3.67. The molecule has 1 fully saturated rings. The van der Waals surface area contributed by atoms with Crippen molar-refractivity contribution in [3.63, 3.8) is 0 Å². The van der Waals surface area contributed by atoms with Gasteiger partial charge in [-0.3, -0.25) is 0 Å². The van der Waals surface area contributed by atoms with Gasteiger partial charge >= 0.3 is 0 Å². The average Bonchev–Trinajstić information content (AvgIpc) is 3.23. The van der Waals surface area contributed by atoms with Crippen molar-refractivity contribution < 1.29 is 9.84 Å². The van der Waals surface area contributed by atoms with Crippen LogP contribution < -0.4 is 10.6 Å². The zero-order valence-electron chi connectivity index (χ0n) is 17.0. The third-order valence-electron chi connectivity index (χ3n) is 5.32. The van der Waals surface area contributed by atoms with Gasteiger partial charge in [-0.15, -0.1) is 11.3 Å². The SMILES string of the molecule is CC(O)c1cccc(-c2cc3nc(N4CCOC(c5cnc(N)nc5)C4)ncc3s2)c1. The van der Waals surface area contributed by atoms with E-state index in [-0.39, 0.29) is 12.1 Å². The van der Waals surface area contributed by atoms with Gasteiger partial charge in [0.2, 0.25) is 11.9 Å². The highest BCUT2D eigenvalue weighted by molar-refractivity contribution is 7.22. The van der Waals surface area contributed by atoms with Crippen molar-refractivity contribution in [1.82, 2.24) is 19.9 Å². The normalized spacial score (nSPS) is 17.7. The van der Waals surface area contributed by atoms with E-state index in [0.717, 1.165) is 31.8 Å². The highest BCUT2D eigenvalue weighted by atomic mass is 32.1. The summed E-state index contributed by atoms with van der Waals surface area (Å²) in [4.78, 5) is 20.8. The van der Waals surface area contributed by atoms with Crippen molar-refractivity contribution in [2.75, 3.05) is 30.3 Å². The predicted molar refractivity (Wildman–Crippen MR) is 121 cm³/mol. The first-order valence-electron chi connectivity index (χ1n) is 10.1. The molecule has 1 aliphatic rings. The Hall–Kier alpha value is -3.14. The number of nitrogens with zero attached hydrogens (tertiary/aromatic N) is 5. The maximum Gasteiger partial charge on any atom is 0.226 e. The van der Waals surface area contributed by atoms with Gasteiger partial charge in [-0.25, -0.2) is 19.9 Å². The van der Waals surface area contributed by atoms with Crippen molar-refractivity contribution in [2.45, 2.75) is 19.1 Å². The Labute approximate surface area is 183 Å². The molecule has 0 saturated carbocycles. The fourth-order valence-corrected chi connectivity index (χ4v) is 4.59. The Morgan fingerprint density at radius 2 is 2.03 bits per heavy atom. The summed E-state index contributed by atoms with van der Waals surface area (Å²) in [5, 5.41) is 9.88. The fraction of sp³-hybridized carbons (Fsp3) is 0.273. The first kappa shape index (κ1) is 19.8. The van der Waals surface area contributed by atoms with Crippen LogP contribution >= 0.6 is 11.3 Å². The number of nitrogen functional groups attached to an aromatic ring is 1. The minimum Gasteiger partial charge on any atom is -0.389 e. The molecule has 0 amide bonds. The molecular weight excluding hydrogens is 412 g/mol. The lowest BCUT2D eigenvalue weighted by molar-refractivity contribution is 0.0388. The first-order valence-corrected chi connectivity index (χ1v) is 10.9. The van der Waals surface area contributed by atoms with Gasteiger partial charge in [0.15, 0.2) is 0 Å². The number of aliphatic hydroxyl groups is 1. The van der Waals surface area contributed by atoms with Gasteiger partial charge in [-0.05, 0) is 30.2 Å². The molecule has 1 aliphatic heterocycles. The molecular formula is C22H22N6O2S. The standard InChI is InChI=1S/C22H22N6O2S/c1-13(29)14-3-2-4-15(7-14)19-8-17-20(31-19)11-26-22(27-17)28-5-6-30-18(12-28)16-9-24-21(23)25-10-16/h2-4,7-11,13,18,29H,5-6,12H2,1H3,(H2,23,24,25). The summed E-state index contributed by atoms with van der Waals surface area (Å²) in [5.74, 6) is 0.927. The van der Waals surface area contributed by atoms with Crippen molar-refractivity contribution in [3.05, 3.63) is 60.0 Å². The molecule has 158 valence electrons. The lowest BCUT2D eigenvalue weighted by Crippen LogP contribution is -2.39. The largest absolute Gasteiger partial charge is 0.389 e. The van der Waals surface area contributed by atoms with Crippen LogP contribution in [0.4, 0.5) is 11.9 Å². The number of morpholine rings is 1. The molecule has 0 radical (unpaired) electrons. The number of thiophene rings is 1. The third kappa shape index (κ3) is 4.07. The van der Waals surface area contributed by atoms with E-state index in [1.54, 1.807) is 30.7 Å². The number of anilines is 2. The Morgan fingerprint density at radius 3 is 2.84 bits per heavy atom. The van der Waals surface area contributed by atoms with Crippen LogP contribution in [0.5, 0.6) is 0 Å². The van der Waals surface area contributed by atoms with Crippen LogP contribution in [-0.4, -0.2) is 44.7 Å². The van der Waals surface area contributed by atoms with Crippen LogP contribution in [-0.2, 0) is 4.74 Å². The Morgan fingerprint density at radius 1 is 1.19 bits per heavy atom. The van der Waals surface area contributed by atoms with Gasteiger partial charge in [-0.2, -0.15) is 0 Å². The third-order valence-corrected chi connectivity index (χ3v) is 6.43. The van der Waals surface area contributed by atoms with Crippen molar-refractivity contribution in [2.24, 2.45) is 0 Å². The molecule has 3 aromatic heterocycles. The van der Waals surface area contributed by atoms with E-state index in [0.29, 0.717) is 25.6 Å². The fourth-order valence-electron chi connectivity index (χ4n) is 3.62. The van der Waals surface area contributed by atoms with E-state index < -0.39 is 6.10 Å². The Balaban J connectivity index is 1.41. The lowest BCUT2D eigenvalue weighted by atomic mass is 10.1. The smallest absolute Gasteiger partial charge is 0.226 e. The van der Waals surface area contributed by atoms with Crippen LogP contribution in [0.3, 0.4) is 0 Å². The molecule has 1 aromatic carbocycles. The van der Waals surface area contributed by atoms with Crippen molar-refractivity contribution in [1.29, 1.82) is 0 Å². The minimum atomic E-state index is -0.499. The number of ether oxygens (including phenoxy) is 1. The first-order chi connectivity index (χ1) is 15.1. The quantitative estimate of drug-likeness (QED) is 0.503. The summed E-state index contributed by atoms with van der Waals surface area (Å²) in [6.07, 6.45) is 4.62. The molecule has 2 unspecified atom stereocenters. The summed E-state index contributed by atoms with van der Waals surface area (Å²) < 4.78 is 6.92. The van der Waals surface area contributed by atoms with Gasteiger partial charge in [0.1, 0.15) is 6.10 Å². The number of aliphatic hydroxyl groups excluding tert-OH is 1. The second kappa shape index (κ2) is 8.18. The molecule has 0 spiro atoms. The second-order valence-corrected chi connectivity index (χ2v) is 8.60. The van der Waals surface area contributed by atoms with Gasteiger partial charge in [0, 0.05) is 29.4 Å². The molecule has 8 nitrogen and oxygen atoms in total. The summed E-state index contributed by atoms with van der Waals surface area (Å²) in [5.41, 5.74) is 9.35. The number of fused-ring (bicyclic) bond motifs is 1. The average molecular weight is 435 g/mol. The molecule has 5 rings (SSSR count). The van der Waals surface area contributed by atoms with E-state index in [2.05, 4.69) is 25.9 Å². The zero-order valence-corrected chi connectivity index (χ0v) is 17.8. The lowest BCUT2D eigenvalue weighted by Gasteiger charge is -2.32. The van der Waals surface area contributed by atoms with E-state index in [1.165, 1.54) is 0 Å². The number of hydrogen-bond acceptors (Lipinski definition) is 9. The number of hydrogen-bond donors (Lipinski definition) is 2. The number of benzene rings is 1. The summed E-state index contributed by atoms with van der Waals surface area (Å²) in [6, 6.07) is 10.0. The van der Waals surface area contributed by atoms with Crippen LogP contribution in [0.25, 0.3) is 20.7 Å². The van der Waals surface area contributed by atoms with E-state index in [4.69, 9.17) is 15.5 Å². The van der Waals surface area contributed by atoms with Gasteiger partial charge in [-0.1, -0.05) is 18.2 Å². The van der Waals surface area contributed by atoms with Crippen molar-refractivity contribution in [3.8, 4) is 10.4 Å². The van der Waals surface area contributed by atoms with E-state index >= 15 is 0 Å². The Kier molecular flexibility index (Phi) is 5.23. The zero-order chi connectivity index (χ0) is 21.4. The highest BCUT2D eigenvalue weighted by Crippen LogP contribution is 2.34. The summed E-state index contributed by atoms with van der Waals surface area (Å²) in [7, 11) is 0. The van der Waals surface area contributed by atoms with Crippen molar-refractivity contribution >= 4 is 33.5 Å². The highest BCUT2D eigenvalue weighted by Gasteiger charge is 2.24. The van der Waals surface area contributed by atoms with Crippen LogP contribution in [0.1, 0.15) is 30.3 Å². The topological polar surface area (TPSA) is 110 Å². The summed E-state index contributed by atoms with van der Waals surface area (Å²) >= 11 is 1.65. The molecule has 9 heteroatoms. The molecule has 31 heavy (non-hydrogen) atoms. The van der Waals surface area contributed by atoms with Gasteiger partial charge < -0.3 is 20.5 Å². The van der Waals surface area contributed by atoms with Gasteiger partial charge in [0.05, 0.1) is 35.7 Å². The van der Waals surface area contributed by atoms with Crippen LogP contribution in [0.2, 0.25) is 0 Å². The number of aromatic nitrogens is 4. The number of nitrogens with two attached hydrogens (primary N) is 1. The molecule has 2 atom stereocenters. The van der Waals surface area contributed by atoms with E-state index in [9.17, 15) is 5.11 Å². The maximum absolute atomic E-state index is 9.88. The molecule has 4 aromatic rings. The molecule has 4 heterocycles. The molecule has 3 N–H and O–H groups in total. The molecule has 0 bridgehead atoms. The maximum atomic E-state index is 9.88. The van der Waals surface area contributed by atoms with Crippen LogP contribution in [0, 0.1) is 0 Å². The molecule has 0 aliphatic carbocycles. The predicted octanol–water partition coefficient (Wildman–Crippen LogP) is 3.36. The Bertz CT molecular complexity index is 1210. The minimum absolute atomic E-state index is 0.158.